The molecule has 0 aliphatic rings. The molecule has 0 saturated carbocycles. The minimum absolute atomic E-state index is 0.336. The highest BCUT2D eigenvalue weighted by Crippen LogP contribution is 2.26. The van der Waals surface area contributed by atoms with Crippen LogP contribution in [0.25, 0.3) is 0 Å². The van der Waals surface area contributed by atoms with Gasteiger partial charge in [0.2, 0.25) is 0 Å². The summed E-state index contributed by atoms with van der Waals surface area (Å²) in [6.07, 6.45) is 3.22. The molecule has 0 aliphatic carbocycles. The summed E-state index contributed by atoms with van der Waals surface area (Å²) >= 11 is 0. The first-order chi connectivity index (χ1) is 9.24. The Morgan fingerprint density at radius 3 is 3.05 bits per heavy atom. The average Bonchev–Trinajstić information content (AvgIpc) is 2.92. The molecule has 0 bridgehead atoms. The number of nitrogens with two attached hydrogens (primary N) is 1. The fraction of sp³-hybridized carbons (Fsp3) is 0.308. The number of nitriles is 1. The van der Waals surface area contributed by atoms with Crippen LogP contribution in [0.5, 0.6) is 5.75 Å². The van der Waals surface area contributed by atoms with E-state index in [0.717, 1.165) is 5.69 Å². The van der Waals surface area contributed by atoms with Crippen LogP contribution in [0.4, 0.5) is 0 Å². The van der Waals surface area contributed by atoms with Crippen molar-refractivity contribution in [1.29, 1.82) is 5.26 Å². The molecule has 6 nitrogen and oxygen atoms in total. The summed E-state index contributed by atoms with van der Waals surface area (Å²) in [6.45, 7) is 2.28. The molecule has 0 fully saturated rings. The second-order valence-electron chi connectivity index (χ2n) is 4.04. The number of pyridine rings is 1. The number of aromatic nitrogens is 2. The number of nitrogens with zero attached hydrogens (tertiary/aromatic N) is 3. The predicted octanol–water partition coefficient (Wildman–Crippen LogP) is 1.72. The summed E-state index contributed by atoms with van der Waals surface area (Å²) in [6, 6.07) is 5.50. The van der Waals surface area contributed by atoms with Gasteiger partial charge in [-0.2, -0.15) is 5.26 Å². The van der Waals surface area contributed by atoms with E-state index >= 15 is 0 Å². The van der Waals surface area contributed by atoms with Crippen LogP contribution in [0.2, 0.25) is 0 Å². The molecule has 2 rings (SSSR count). The molecular formula is C13H14N4O2. The van der Waals surface area contributed by atoms with Gasteiger partial charge in [0.25, 0.3) is 0 Å². The van der Waals surface area contributed by atoms with E-state index in [2.05, 4.69) is 16.2 Å². The van der Waals surface area contributed by atoms with E-state index in [1.807, 2.05) is 6.92 Å². The van der Waals surface area contributed by atoms with Gasteiger partial charge in [-0.3, -0.25) is 4.98 Å². The third kappa shape index (κ3) is 3.09. The maximum Gasteiger partial charge on any atom is 0.145 e. The van der Waals surface area contributed by atoms with Crippen LogP contribution < -0.4 is 10.5 Å². The van der Waals surface area contributed by atoms with Crippen molar-refractivity contribution in [2.45, 2.75) is 19.4 Å². The van der Waals surface area contributed by atoms with Crippen molar-refractivity contribution in [3.05, 3.63) is 41.5 Å². The van der Waals surface area contributed by atoms with Crippen molar-refractivity contribution in [3.8, 4) is 11.8 Å². The SMILES string of the molecule is Cc1cc(O[C@H](CCN)c2ccon2)c(C#N)cn1. The standard InChI is InChI=1S/C13H14N4O2/c1-9-6-13(10(7-15)8-16-9)19-12(2-4-14)11-3-5-18-17-11/h3,5-6,8,12H,2,4,14H2,1H3/t12-/m1/s1. The van der Waals surface area contributed by atoms with Crippen LogP contribution in [-0.4, -0.2) is 16.7 Å². The smallest absolute Gasteiger partial charge is 0.145 e. The predicted molar refractivity (Wildman–Crippen MR) is 67.2 cm³/mol. The fourth-order valence-electron chi connectivity index (χ4n) is 1.68. The largest absolute Gasteiger partial charge is 0.482 e. The fourth-order valence-corrected chi connectivity index (χ4v) is 1.68. The Labute approximate surface area is 110 Å². The normalized spacial score (nSPS) is 11.8. The van der Waals surface area contributed by atoms with Crippen molar-refractivity contribution >= 4 is 0 Å². The monoisotopic (exact) mass is 258 g/mol. The van der Waals surface area contributed by atoms with E-state index in [1.165, 1.54) is 12.5 Å². The van der Waals surface area contributed by atoms with Crippen molar-refractivity contribution in [2.24, 2.45) is 5.73 Å². The van der Waals surface area contributed by atoms with E-state index in [4.69, 9.17) is 20.3 Å². The van der Waals surface area contributed by atoms with Gasteiger partial charge >= 0.3 is 0 Å². The van der Waals surface area contributed by atoms with Gasteiger partial charge in [0.1, 0.15) is 35.4 Å². The summed E-state index contributed by atoms with van der Waals surface area (Å²) in [4.78, 5) is 4.07. The molecular weight excluding hydrogens is 244 g/mol. The van der Waals surface area contributed by atoms with E-state index in [1.54, 1.807) is 12.1 Å². The maximum absolute atomic E-state index is 9.05. The van der Waals surface area contributed by atoms with Crippen LogP contribution in [0.1, 0.15) is 29.5 Å². The molecule has 6 heteroatoms. The molecule has 0 radical (unpaired) electrons. The van der Waals surface area contributed by atoms with Crippen LogP contribution in [-0.2, 0) is 0 Å². The van der Waals surface area contributed by atoms with Gasteiger partial charge in [-0.05, 0) is 13.5 Å². The lowest BCUT2D eigenvalue weighted by atomic mass is 10.1. The summed E-state index contributed by atoms with van der Waals surface area (Å²) in [5.74, 6) is 0.483. The minimum Gasteiger partial charge on any atom is -0.482 e. The minimum atomic E-state index is -0.336. The average molecular weight is 258 g/mol. The molecule has 0 amide bonds. The van der Waals surface area contributed by atoms with Gasteiger partial charge in [0.15, 0.2) is 0 Å². The van der Waals surface area contributed by atoms with Crippen LogP contribution in [0.15, 0.2) is 29.1 Å². The van der Waals surface area contributed by atoms with Gasteiger partial charge in [-0.25, -0.2) is 0 Å². The molecule has 2 aromatic rings. The molecule has 0 aliphatic heterocycles. The summed E-state index contributed by atoms with van der Waals surface area (Å²) in [5.41, 5.74) is 7.39. The lowest BCUT2D eigenvalue weighted by Gasteiger charge is -2.17. The van der Waals surface area contributed by atoms with Crippen LogP contribution in [0, 0.1) is 18.3 Å². The second kappa shape index (κ2) is 5.98. The van der Waals surface area contributed by atoms with E-state index < -0.39 is 0 Å². The maximum atomic E-state index is 9.05. The van der Waals surface area contributed by atoms with Crippen molar-refractivity contribution in [1.82, 2.24) is 10.1 Å². The Balaban J connectivity index is 2.27. The van der Waals surface area contributed by atoms with Crippen molar-refractivity contribution < 1.29 is 9.26 Å². The first kappa shape index (κ1) is 13.1. The highest BCUT2D eigenvalue weighted by molar-refractivity contribution is 5.42. The lowest BCUT2D eigenvalue weighted by Crippen LogP contribution is -2.14. The van der Waals surface area contributed by atoms with E-state index in [9.17, 15) is 0 Å². The highest BCUT2D eigenvalue weighted by atomic mass is 16.5. The Kier molecular flexibility index (Phi) is 4.11. The van der Waals surface area contributed by atoms with Crippen LogP contribution in [0.3, 0.4) is 0 Å². The topological polar surface area (TPSA) is 98.0 Å². The van der Waals surface area contributed by atoms with Gasteiger partial charge < -0.3 is 15.0 Å². The number of aryl methyl sites for hydroxylation is 1. The quantitative estimate of drug-likeness (QED) is 0.876. The molecule has 2 N–H and O–H groups in total. The number of rotatable bonds is 5. The Bertz CT molecular complexity index is 575. The third-order valence-corrected chi connectivity index (χ3v) is 2.61. The Morgan fingerprint density at radius 1 is 1.58 bits per heavy atom. The zero-order chi connectivity index (χ0) is 13.7. The summed E-state index contributed by atoms with van der Waals surface area (Å²) in [5, 5.41) is 12.9. The van der Waals surface area contributed by atoms with E-state index in [-0.39, 0.29) is 6.10 Å². The Hall–Kier alpha value is -2.39. The molecule has 0 aromatic carbocycles. The number of ether oxygens (including phenoxy) is 1. The molecule has 2 aromatic heterocycles. The Morgan fingerprint density at radius 2 is 2.42 bits per heavy atom. The van der Waals surface area contributed by atoms with Gasteiger partial charge in [-0.1, -0.05) is 5.16 Å². The molecule has 0 spiro atoms. The lowest BCUT2D eigenvalue weighted by molar-refractivity contribution is 0.186. The first-order valence-corrected chi connectivity index (χ1v) is 5.88. The van der Waals surface area contributed by atoms with Gasteiger partial charge in [0, 0.05) is 30.4 Å². The molecule has 1 atom stereocenters. The first-order valence-electron chi connectivity index (χ1n) is 5.88. The van der Waals surface area contributed by atoms with E-state index in [0.29, 0.717) is 30.0 Å². The van der Waals surface area contributed by atoms with Gasteiger partial charge in [0.05, 0.1) is 0 Å². The second-order valence-corrected chi connectivity index (χ2v) is 4.04. The molecule has 19 heavy (non-hydrogen) atoms. The number of hydrogen-bond donors (Lipinski definition) is 1. The summed E-state index contributed by atoms with van der Waals surface area (Å²) < 4.78 is 10.6. The van der Waals surface area contributed by atoms with Crippen molar-refractivity contribution in [2.75, 3.05) is 6.54 Å². The van der Waals surface area contributed by atoms with Crippen molar-refractivity contribution in [3.63, 3.8) is 0 Å². The summed E-state index contributed by atoms with van der Waals surface area (Å²) in [7, 11) is 0. The highest BCUT2D eigenvalue weighted by Gasteiger charge is 2.18. The molecule has 2 heterocycles. The zero-order valence-corrected chi connectivity index (χ0v) is 10.5. The number of hydrogen-bond acceptors (Lipinski definition) is 6. The molecule has 0 saturated heterocycles. The van der Waals surface area contributed by atoms with Crippen LogP contribution >= 0.6 is 0 Å². The third-order valence-electron chi connectivity index (χ3n) is 2.61. The molecule has 0 unspecified atom stereocenters. The zero-order valence-electron chi connectivity index (χ0n) is 10.5. The molecule has 98 valence electrons. The van der Waals surface area contributed by atoms with Gasteiger partial charge in [-0.15, -0.1) is 0 Å².